The molecule has 1 aromatic rings. The quantitative estimate of drug-likeness (QED) is 0.778. The molecule has 4 heteroatoms. The third kappa shape index (κ3) is 3.16. The van der Waals surface area contributed by atoms with E-state index in [0.717, 1.165) is 19.0 Å². The monoisotopic (exact) mass is 210 g/mol. The van der Waals surface area contributed by atoms with Gasteiger partial charge in [0.25, 0.3) is 0 Å². The van der Waals surface area contributed by atoms with Gasteiger partial charge in [0.05, 0.1) is 12.4 Å². The zero-order valence-electron chi connectivity index (χ0n) is 8.58. The van der Waals surface area contributed by atoms with E-state index in [1.54, 1.807) is 0 Å². The van der Waals surface area contributed by atoms with E-state index in [4.69, 9.17) is 4.84 Å². The zero-order chi connectivity index (χ0) is 10.5. The summed E-state index contributed by atoms with van der Waals surface area (Å²) in [6, 6.07) is 1.71. The molecule has 82 valence electrons. The van der Waals surface area contributed by atoms with Gasteiger partial charge < -0.3 is 4.84 Å². The summed E-state index contributed by atoms with van der Waals surface area (Å²) in [6.45, 7) is 0. The molecule has 0 bridgehead atoms. The van der Waals surface area contributed by atoms with Crippen molar-refractivity contribution < 1.29 is 9.23 Å². The van der Waals surface area contributed by atoms with Crippen molar-refractivity contribution in [2.45, 2.75) is 38.1 Å². The van der Waals surface area contributed by atoms with Crippen LogP contribution in [0.15, 0.2) is 18.5 Å². The fourth-order valence-electron chi connectivity index (χ4n) is 1.82. The van der Waals surface area contributed by atoms with Crippen LogP contribution in [0.25, 0.3) is 0 Å². The van der Waals surface area contributed by atoms with E-state index in [0.29, 0.717) is 11.8 Å². The molecule has 1 heterocycles. The molecule has 0 spiro atoms. The van der Waals surface area contributed by atoms with Crippen LogP contribution in [0.4, 0.5) is 4.39 Å². The second kappa shape index (κ2) is 5.07. The van der Waals surface area contributed by atoms with E-state index < -0.39 is 0 Å². The fraction of sp³-hybridized carbons (Fsp3) is 0.545. The van der Waals surface area contributed by atoms with Gasteiger partial charge >= 0.3 is 0 Å². The molecule has 1 fully saturated rings. The predicted octanol–water partition coefficient (Wildman–Crippen LogP) is 2.44. The number of aromatic nitrogens is 1. The van der Waals surface area contributed by atoms with Crippen molar-refractivity contribution >= 4 is 0 Å². The van der Waals surface area contributed by atoms with Crippen LogP contribution < -0.4 is 10.3 Å². The molecular formula is C11H15FN2O. The van der Waals surface area contributed by atoms with Gasteiger partial charge in [-0.15, -0.1) is 0 Å². The van der Waals surface area contributed by atoms with E-state index in [1.807, 2.05) is 0 Å². The van der Waals surface area contributed by atoms with Crippen LogP contribution in [-0.2, 0) is 0 Å². The van der Waals surface area contributed by atoms with Gasteiger partial charge in [0.15, 0.2) is 5.75 Å². The van der Waals surface area contributed by atoms with Crippen LogP contribution >= 0.6 is 0 Å². The maximum atomic E-state index is 12.8. The van der Waals surface area contributed by atoms with Gasteiger partial charge in [-0.2, -0.15) is 5.48 Å². The summed E-state index contributed by atoms with van der Waals surface area (Å²) in [5.41, 5.74) is 2.96. The highest BCUT2D eigenvalue weighted by Gasteiger charge is 2.13. The van der Waals surface area contributed by atoms with Crippen LogP contribution in [0.1, 0.15) is 32.1 Å². The highest BCUT2D eigenvalue weighted by molar-refractivity contribution is 5.16. The number of halogens is 1. The number of pyridine rings is 1. The van der Waals surface area contributed by atoms with Gasteiger partial charge in [-0.3, -0.25) is 4.98 Å². The van der Waals surface area contributed by atoms with Gasteiger partial charge in [0.2, 0.25) is 0 Å². The van der Waals surface area contributed by atoms with E-state index in [9.17, 15) is 4.39 Å². The fourth-order valence-corrected chi connectivity index (χ4v) is 1.82. The van der Waals surface area contributed by atoms with Crippen molar-refractivity contribution in [1.82, 2.24) is 10.5 Å². The minimum absolute atomic E-state index is 0.377. The average Bonchev–Trinajstić information content (AvgIpc) is 2.28. The Morgan fingerprint density at radius 2 is 2.07 bits per heavy atom. The van der Waals surface area contributed by atoms with Gasteiger partial charge in [-0.1, -0.05) is 19.3 Å². The van der Waals surface area contributed by atoms with E-state index in [2.05, 4.69) is 10.5 Å². The number of hydroxylamine groups is 1. The molecule has 0 aromatic carbocycles. The lowest BCUT2D eigenvalue weighted by atomic mass is 9.96. The summed E-state index contributed by atoms with van der Waals surface area (Å²) < 4.78 is 12.8. The predicted molar refractivity (Wildman–Crippen MR) is 54.8 cm³/mol. The highest BCUT2D eigenvalue weighted by Crippen LogP contribution is 2.18. The molecule has 1 aliphatic rings. The summed E-state index contributed by atoms with van der Waals surface area (Å²) in [6.07, 6.45) is 8.70. The third-order valence-electron chi connectivity index (χ3n) is 2.63. The smallest absolute Gasteiger partial charge is 0.168 e. The van der Waals surface area contributed by atoms with Crippen molar-refractivity contribution in [3.63, 3.8) is 0 Å². The molecule has 0 aliphatic heterocycles. The molecule has 0 unspecified atom stereocenters. The first-order valence-electron chi connectivity index (χ1n) is 5.37. The Bertz CT molecular complexity index is 313. The van der Waals surface area contributed by atoms with Crippen molar-refractivity contribution in [2.75, 3.05) is 0 Å². The molecule has 1 saturated carbocycles. The summed E-state index contributed by atoms with van der Waals surface area (Å²) in [4.78, 5) is 8.98. The van der Waals surface area contributed by atoms with E-state index in [1.165, 1.54) is 31.5 Å². The first-order valence-corrected chi connectivity index (χ1v) is 5.37. The van der Waals surface area contributed by atoms with Gasteiger partial charge in [-0.05, 0) is 12.8 Å². The molecule has 0 saturated heterocycles. The van der Waals surface area contributed by atoms with E-state index in [-0.39, 0.29) is 5.82 Å². The maximum Gasteiger partial charge on any atom is 0.168 e. The Labute approximate surface area is 88.6 Å². The maximum absolute atomic E-state index is 12.8. The Hall–Kier alpha value is -1.16. The summed E-state index contributed by atoms with van der Waals surface area (Å²) in [7, 11) is 0. The SMILES string of the molecule is Fc1cncc(ONC2CCCCC2)c1. The minimum Gasteiger partial charge on any atom is -0.407 e. The lowest BCUT2D eigenvalue weighted by molar-refractivity contribution is 0.132. The lowest BCUT2D eigenvalue weighted by Gasteiger charge is -2.22. The summed E-state index contributed by atoms with van der Waals surface area (Å²) in [5, 5.41) is 0. The number of nitrogens with zero attached hydrogens (tertiary/aromatic N) is 1. The van der Waals surface area contributed by atoms with Crippen LogP contribution in [0.5, 0.6) is 5.75 Å². The molecule has 0 atom stereocenters. The molecule has 3 nitrogen and oxygen atoms in total. The number of hydrogen-bond acceptors (Lipinski definition) is 3. The van der Waals surface area contributed by atoms with Crippen LogP contribution in [0, 0.1) is 5.82 Å². The molecule has 0 amide bonds. The van der Waals surface area contributed by atoms with Gasteiger partial charge in [0, 0.05) is 12.1 Å². The summed E-state index contributed by atoms with van der Waals surface area (Å²) in [5.74, 6) is 0.0542. The zero-order valence-corrected chi connectivity index (χ0v) is 8.58. The average molecular weight is 210 g/mol. The first kappa shape index (κ1) is 10.4. The highest BCUT2D eigenvalue weighted by atomic mass is 19.1. The van der Waals surface area contributed by atoms with Crippen molar-refractivity contribution in [3.05, 3.63) is 24.3 Å². The second-order valence-corrected chi connectivity index (χ2v) is 3.89. The number of hydrogen-bond donors (Lipinski definition) is 1. The molecule has 1 aliphatic carbocycles. The molecule has 1 aromatic heterocycles. The van der Waals surface area contributed by atoms with Crippen molar-refractivity contribution in [3.8, 4) is 5.75 Å². The van der Waals surface area contributed by atoms with Crippen LogP contribution in [-0.4, -0.2) is 11.0 Å². The van der Waals surface area contributed by atoms with Gasteiger partial charge in [0.1, 0.15) is 5.82 Å². The molecule has 2 rings (SSSR count). The molecule has 15 heavy (non-hydrogen) atoms. The van der Waals surface area contributed by atoms with E-state index >= 15 is 0 Å². The van der Waals surface area contributed by atoms with Crippen LogP contribution in [0.2, 0.25) is 0 Å². The Kier molecular flexibility index (Phi) is 3.50. The minimum atomic E-state index is -0.377. The summed E-state index contributed by atoms with van der Waals surface area (Å²) >= 11 is 0. The first-order chi connectivity index (χ1) is 7.34. The Morgan fingerprint density at radius 1 is 1.27 bits per heavy atom. The van der Waals surface area contributed by atoms with Crippen molar-refractivity contribution in [2.24, 2.45) is 0 Å². The van der Waals surface area contributed by atoms with Gasteiger partial charge in [-0.25, -0.2) is 4.39 Å². The van der Waals surface area contributed by atoms with Crippen LogP contribution in [0.3, 0.4) is 0 Å². The second-order valence-electron chi connectivity index (χ2n) is 3.89. The molecule has 0 radical (unpaired) electrons. The molecular weight excluding hydrogens is 195 g/mol. The largest absolute Gasteiger partial charge is 0.407 e. The number of rotatable bonds is 3. The standard InChI is InChI=1S/C11H15FN2O/c12-9-6-11(8-13-7-9)15-14-10-4-2-1-3-5-10/h6-8,10,14H,1-5H2. The lowest BCUT2D eigenvalue weighted by Crippen LogP contribution is -2.33. The molecule has 1 N–H and O–H groups in total. The Morgan fingerprint density at radius 3 is 2.80 bits per heavy atom. The Balaban J connectivity index is 1.81. The number of nitrogens with one attached hydrogen (secondary N) is 1. The topological polar surface area (TPSA) is 34.1 Å². The normalized spacial score (nSPS) is 17.7. The van der Waals surface area contributed by atoms with Crippen molar-refractivity contribution in [1.29, 1.82) is 0 Å². The third-order valence-corrected chi connectivity index (χ3v) is 2.63.